The summed E-state index contributed by atoms with van der Waals surface area (Å²) in [6, 6.07) is 1.19. The molecule has 30 valence electrons. The molecule has 0 spiro atoms. The Kier molecular flexibility index (Phi) is 3.80. The molecule has 0 aliphatic heterocycles. The molecule has 0 saturated carbocycles. The number of hydrogen-bond acceptors (Lipinski definition) is 1. The molecule has 0 rings (SSSR count). The smallest absolute Gasteiger partial charge is 0.0273 e. The van der Waals surface area contributed by atoms with E-state index in [0.717, 1.165) is 0 Å². The minimum Gasteiger partial charge on any atom is -0.301 e. The number of aliphatic imine (C=N–C) groups is 1. The second kappa shape index (κ2) is 3.89. The van der Waals surface area contributed by atoms with Crippen molar-refractivity contribution in [1.29, 1.82) is 0 Å². The van der Waals surface area contributed by atoms with Crippen molar-refractivity contribution < 1.29 is 0 Å². The van der Waals surface area contributed by atoms with Crippen LogP contribution in [-0.2, 0) is 0 Å². The third-order valence-electron chi connectivity index (χ3n) is 0.365. The van der Waals surface area contributed by atoms with Crippen LogP contribution < -0.4 is 0 Å². The van der Waals surface area contributed by atoms with Gasteiger partial charge in [0.2, 0.25) is 0 Å². The molecule has 0 aromatic rings. The fourth-order valence-corrected chi connectivity index (χ4v) is 0.548. The Labute approximate surface area is 35.5 Å². The van der Waals surface area contributed by atoms with Crippen molar-refractivity contribution in [2.75, 3.05) is 7.05 Å². The van der Waals surface area contributed by atoms with E-state index in [9.17, 15) is 0 Å². The Morgan fingerprint density at radius 1 is 2.00 bits per heavy atom. The fraction of sp³-hybridized carbons (Fsp3) is 0.667. The summed E-state index contributed by atoms with van der Waals surface area (Å²) in [6.07, 6.45) is 1.94. The topological polar surface area (TPSA) is 12.4 Å². The molecule has 0 saturated heterocycles. The van der Waals surface area contributed by atoms with Crippen LogP contribution in [0.4, 0.5) is 0 Å². The Morgan fingerprint density at radius 3 is 2.60 bits per heavy atom. The van der Waals surface area contributed by atoms with E-state index in [1.165, 1.54) is 16.3 Å². The first kappa shape index (κ1) is 4.89. The lowest BCUT2D eigenvalue weighted by atomic mass is 10.9. The van der Waals surface area contributed by atoms with E-state index in [4.69, 9.17) is 0 Å². The van der Waals surface area contributed by atoms with Crippen LogP contribution in [0.5, 0.6) is 0 Å². The van der Waals surface area contributed by atoms with Gasteiger partial charge in [0.15, 0.2) is 0 Å². The summed E-state index contributed by atoms with van der Waals surface area (Å²) in [5, 5.41) is 0. The Morgan fingerprint density at radius 2 is 2.60 bits per heavy atom. The number of nitrogens with zero attached hydrogens (tertiary/aromatic N) is 1. The van der Waals surface area contributed by atoms with Gasteiger partial charge in [-0.1, -0.05) is 0 Å². The highest BCUT2D eigenvalue weighted by molar-refractivity contribution is 6.16. The molecule has 0 unspecified atom stereocenters. The third kappa shape index (κ3) is 3.89. The summed E-state index contributed by atoms with van der Waals surface area (Å²) >= 11 is 0. The zero-order valence-corrected chi connectivity index (χ0v) is 5.73. The summed E-state index contributed by atoms with van der Waals surface area (Å²) in [5.41, 5.74) is 0. The van der Waals surface area contributed by atoms with Crippen LogP contribution in [0.2, 0.25) is 6.04 Å². The van der Waals surface area contributed by atoms with E-state index in [-0.39, 0.29) is 0 Å². The second-order valence-corrected chi connectivity index (χ2v) is 1.67. The third-order valence-corrected chi connectivity index (χ3v) is 0.730. The summed E-state index contributed by atoms with van der Waals surface area (Å²) in [6.45, 7) is 0. The maximum Gasteiger partial charge on any atom is 0.0273 e. The quantitative estimate of drug-likeness (QED) is 0.301. The van der Waals surface area contributed by atoms with E-state index in [2.05, 4.69) is 4.99 Å². The Hall–Kier alpha value is -0.113. The van der Waals surface area contributed by atoms with Crippen molar-refractivity contribution in [1.82, 2.24) is 0 Å². The lowest BCUT2D eigenvalue weighted by Crippen LogP contribution is -1.65. The second-order valence-electron chi connectivity index (χ2n) is 0.849. The fourth-order valence-electron chi connectivity index (χ4n) is 0.183. The molecule has 0 aliphatic rings. The van der Waals surface area contributed by atoms with Crippen LogP contribution in [0.25, 0.3) is 0 Å². The first-order chi connectivity index (χ1) is 2.41. The number of rotatable bonds is 1. The monoisotopic (exact) mass is 87.1 g/mol. The van der Waals surface area contributed by atoms with E-state index in [1.54, 1.807) is 7.05 Å². The Bertz CT molecular complexity index is 33.9. The van der Waals surface area contributed by atoms with Crippen LogP contribution in [0.15, 0.2) is 4.99 Å². The van der Waals surface area contributed by atoms with Crippen LogP contribution in [0.3, 0.4) is 0 Å². The van der Waals surface area contributed by atoms with Gasteiger partial charge in [-0.25, -0.2) is 0 Å². The predicted octanol–water partition coefficient (Wildman–Crippen LogP) is -0.529. The van der Waals surface area contributed by atoms with Gasteiger partial charge in [0, 0.05) is 17.3 Å². The molecule has 0 fully saturated rings. The molecule has 0 aliphatic carbocycles. The molecule has 0 N–H and O–H groups in total. The zero-order valence-electron chi connectivity index (χ0n) is 3.73. The van der Waals surface area contributed by atoms with E-state index < -0.39 is 0 Å². The van der Waals surface area contributed by atoms with Gasteiger partial charge < -0.3 is 4.99 Å². The molecule has 0 aromatic carbocycles. The maximum absolute atomic E-state index is 3.76. The van der Waals surface area contributed by atoms with Crippen molar-refractivity contribution >= 4 is 16.5 Å². The van der Waals surface area contributed by atoms with Gasteiger partial charge in [-0.2, -0.15) is 0 Å². The molecule has 0 heterocycles. The lowest BCUT2D eigenvalue weighted by molar-refractivity contribution is 1.46. The molecule has 2 heteroatoms. The van der Waals surface area contributed by atoms with Crippen LogP contribution in [0, 0.1) is 0 Å². The van der Waals surface area contributed by atoms with Crippen LogP contribution in [-0.4, -0.2) is 23.5 Å². The van der Waals surface area contributed by atoms with Gasteiger partial charge in [-0.15, -0.1) is 0 Å². The first-order valence-electron chi connectivity index (χ1n) is 1.82. The van der Waals surface area contributed by atoms with Crippen molar-refractivity contribution in [2.45, 2.75) is 6.04 Å². The van der Waals surface area contributed by atoms with Crippen LogP contribution >= 0.6 is 0 Å². The molecule has 1 nitrogen and oxygen atoms in total. The number of hydrogen-bond donors (Lipinski definition) is 0. The molecule has 0 aromatic heterocycles. The van der Waals surface area contributed by atoms with E-state index >= 15 is 0 Å². The molecular formula is C3H9NSi. The van der Waals surface area contributed by atoms with Gasteiger partial charge in [0.25, 0.3) is 0 Å². The van der Waals surface area contributed by atoms with Gasteiger partial charge in [-0.3, -0.25) is 0 Å². The van der Waals surface area contributed by atoms with Crippen molar-refractivity contribution in [3.05, 3.63) is 0 Å². The molecule has 0 bridgehead atoms. The summed E-state index contributed by atoms with van der Waals surface area (Å²) in [4.78, 5) is 3.76. The maximum atomic E-state index is 3.76. The van der Waals surface area contributed by atoms with Gasteiger partial charge >= 0.3 is 0 Å². The molecule has 0 amide bonds. The molecule has 0 atom stereocenters. The SMILES string of the molecule is CN=CC[SiH3]. The minimum atomic E-state index is 1.19. The van der Waals surface area contributed by atoms with Crippen molar-refractivity contribution in [2.24, 2.45) is 4.99 Å². The summed E-state index contributed by atoms with van der Waals surface area (Å²) in [5.74, 6) is 0. The first-order valence-corrected chi connectivity index (χ1v) is 3.23. The van der Waals surface area contributed by atoms with Crippen molar-refractivity contribution in [3.8, 4) is 0 Å². The van der Waals surface area contributed by atoms with E-state index in [1.807, 2.05) is 6.21 Å². The van der Waals surface area contributed by atoms with Crippen LogP contribution in [0.1, 0.15) is 0 Å². The zero-order chi connectivity index (χ0) is 4.12. The average molecular weight is 87.2 g/mol. The summed E-state index contributed by atoms with van der Waals surface area (Å²) < 4.78 is 0. The largest absolute Gasteiger partial charge is 0.301 e. The molecule has 0 radical (unpaired) electrons. The van der Waals surface area contributed by atoms with Gasteiger partial charge in [-0.05, 0) is 12.3 Å². The lowest BCUT2D eigenvalue weighted by Gasteiger charge is -1.65. The van der Waals surface area contributed by atoms with Crippen molar-refractivity contribution in [3.63, 3.8) is 0 Å². The molecular weight excluding hydrogens is 78.1 g/mol. The standard InChI is InChI=1S/C3H9NSi/c1-4-2-3-5/h2H,3H2,1,5H3. The molecule has 5 heavy (non-hydrogen) atoms. The predicted molar refractivity (Wildman–Crippen MR) is 29.2 cm³/mol. The van der Waals surface area contributed by atoms with Gasteiger partial charge in [0.1, 0.15) is 0 Å². The Balaban J connectivity index is 2.62. The summed E-state index contributed by atoms with van der Waals surface area (Å²) in [7, 11) is 3.05. The highest BCUT2D eigenvalue weighted by Crippen LogP contribution is 1.56. The normalized spacial score (nSPS) is 10.6. The highest BCUT2D eigenvalue weighted by Gasteiger charge is 1.53. The van der Waals surface area contributed by atoms with Gasteiger partial charge in [0.05, 0.1) is 0 Å². The minimum absolute atomic E-state index is 1.19. The average Bonchev–Trinajstić information content (AvgIpc) is 1.41. The highest BCUT2D eigenvalue weighted by atomic mass is 28.1. The van der Waals surface area contributed by atoms with E-state index in [0.29, 0.717) is 0 Å².